The molecule has 5 nitrogen and oxygen atoms in total. The number of imide groups is 1. The zero-order valence-corrected chi connectivity index (χ0v) is 8.06. The molecule has 0 fully saturated rings. The highest BCUT2D eigenvalue weighted by molar-refractivity contribution is 6.15. The summed E-state index contributed by atoms with van der Waals surface area (Å²) in [4.78, 5) is 34.5. The van der Waals surface area contributed by atoms with Crippen molar-refractivity contribution in [2.24, 2.45) is 11.7 Å². The van der Waals surface area contributed by atoms with Gasteiger partial charge in [-0.15, -0.1) is 0 Å². The summed E-state index contributed by atoms with van der Waals surface area (Å²) in [5, 5.41) is 0. The number of nitrogens with two attached hydrogens (primary N) is 1. The standard InChI is InChI=1S/C9H12N2O3/c1-5(2)8(9(10)14)11-6(12)3-4-7(11)13/h3-5,8H,1-2H3,(H2,10,14)/t8-/m0/s1. The van der Waals surface area contributed by atoms with Crippen LogP contribution in [0, 0.1) is 5.92 Å². The fourth-order valence-corrected chi connectivity index (χ4v) is 1.44. The molecule has 0 unspecified atom stereocenters. The van der Waals surface area contributed by atoms with E-state index in [1.54, 1.807) is 13.8 Å². The molecular weight excluding hydrogens is 184 g/mol. The average Bonchev–Trinajstić information content (AvgIpc) is 2.34. The van der Waals surface area contributed by atoms with E-state index in [-0.39, 0.29) is 5.92 Å². The van der Waals surface area contributed by atoms with Gasteiger partial charge in [0.15, 0.2) is 0 Å². The van der Waals surface area contributed by atoms with Crippen molar-refractivity contribution in [1.29, 1.82) is 0 Å². The Hall–Kier alpha value is -1.65. The van der Waals surface area contributed by atoms with Gasteiger partial charge in [0.05, 0.1) is 0 Å². The van der Waals surface area contributed by atoms with Crippen molar-refractivity contribution in [3.05, 3.63) is 12.2 Å². The Morgan fingerprint density at radius 3 is 2.00 bits per heavy atom. The predicted octanol–water partition coefficient (Wildman–Crippen LogP) is -0.579. The van der Waals surface area contributed by atoms with E-state index in [4.69, 9.17) is 5.73 Å². The number of amides is 3. The summed E-state index contributed by atoms with van der Waals surface area (Å²) < 4.78 is 0. The highest BCUT2D eigenvalue weighted by Crippen LogP contribution is 2.15. The molecule has 14 heavy (non-hydrogen) atoms. The number of carbonyl (C=O) groups excluding carboxylic acids is 3. The summed E-state index contributed by atoms with van der Waals surface area (Å²) in [6.07, 6.45) is 2.28. The van der Waals surface area contributed by atoms with E-state index in [0.717, 1.165) is 17.1 Å². The Labute approximate surface area is 81.5 Å². The van der Waals surface area contributed by atoms with Crippen molar-refractivity contribution in [3.8, 4) is 0 Å². The topological polar surface area (TPSA) is 80.5 Å². The van der Waals surface area contributed by atoms with Gasteiger partial charge in [-0.3, -0.25) is 19.3 Å². The highest BCUT2D eigenvalue weighted by Gasteiger charge is 2.36. The van der Waals surface area contributed by atoms with Crippen LogP contribution in [0.25, 0.3) is 0 Å². The van der Waals surface area contributed by atoms with Crippen molar-refractivity contribution in [3.63, 3.8) is 0 Å². The van der Waals surface area contributed by atoms with E-state index in [9.17, 15) is 14.4 Å². The van der Waals surface area contributed by atoms with Crippen LogP contribution in [0.1, 0.15) is 13.8 Å². The molecule has 1 rings (SSSR count). The van der Waals surface area contributed by atoms with E-state index in [1.165, 1.54) is 0 Å². The Morgan fingerprint density at radius 1 is 1.29 bits per heavy atom. The van der Waals surface area contributed by atoms with E-state index in [2.05, 4.69) is 0 Å². The molecular formula is C9H12N2O3. The maximum absolute atomic E-state index is 11.2. The molecule has 0 saturated carbocycles. The number of primary amides is 1. The van der Waals surface area contributed by atoms with Gasteiger partial charge in [0, 0.05) is 12.2 Å². The molecule has 3 amide bonds. The van der Waals surface area contributed by atoms with Gasteiger partial charge in [0.1, 0.15) is 6.04 Å². The number of hydrogen-bond acceptors (Lipinski definition) is 3. The Kier molecular flexibility index (Phi) is 2.69. The van der Waals surface area contributed by atoms with Crippen LogP contribution >= 0.6 is 0 Å². The number of nitrogens with zero attached hydrogens (tertiary/aromatic N) is 1. The molecule has 0 radical (unpaired) electrons. The average molecular weight is 196 g/mol. The molecule has 1 aliphatic heterocycles. The first kappa shape index (κ1) is 10.4. The molecule has 5 heteroatoms. The highest BCUT2D eigenvalue weighted by atomic mass is 16.2. The third-order valence-electron chi connectivity index (χ3n) is 2.04. The third-order valence-corrected chi connectivity index (χ3v) is 2.04. The third kappa shape index (κ3) is 1.66. The second-order valence-electron chi connectivity index (χ2n) is 3.47. The molecule has 2 N–H and O–H groups in total. The van der Waals surface area contributed by atoms with Gasteiger partial charge in [-0.2, -0.15) is 0 Å². The van der Waals surface area contributed by atoms with Crippen LogP contribution in [-0.2, 0) is 14.4 Å². The smallest absolute Gasteiger partial charge is 0.254 e. The Bertz CT molecular complexity index is 302. The molecule has 0 bridgehead atoms. The van der Waals surface area contributed by atoms with Crippen molar-refractivity contribution >= 4 is 17.7 Å². The summed E-state index contributed by atoms with van der Waals surface area (Å²) in [6, 6.07) is -0.856. The lowest BCUT2D eigenvalue weighted by molar-refractivity contribution is -0.146. The lowest BCUT2D eigenvalue weighted by atomic mass is 10.0. The first-order chi connectivity index (χ1) is 6.45. The van der Waals surface area contributed by atoms with Gasteiger partial charge in [-0.1, -0.05) is 13.8 Å². The maximum atomic E-state index is 11.2. The van der Waals surface area contributed by atoms with Crippen molar-refractivity contribution in [1.82, 2.24) is 4.90 Å². The Morgan fingerprint density at radius 2 is 1.71 bits per heavy atom. The van der Waals surface area contributed by atoms with Gasteiger partial charge in [-0.25, -0.2) is 0 Å². The van der Waals surface area contributed by atoms with E-state index in [0.29, 0.717) is 0 Å². The Balaban J connectivity index is 2.95. The van der Waals surface area contributed by atoms with Crippen LogP contribution in [-0.4, -0.2) is 28.7 Å². The van der Waals surface area contributed by atoms with Crippen molar-refractivity contribution in [2.45, 2.75) is 19.9 Å². The minimum absolute atomic E-state index is 0.180. The summed E-state index contributed by atoms with van der Waals surface area (Å²) in [5.74, 6) is -1.80. The predicted molar refractivity (Wildman–Crippen MR) is 48.8 cm³/mol. The maximum Gasteiger partial charge on any atom is 0.254 e. The van der Waals surface area contributed by atoms with Crippen LogP contribution in [0.15, 0.2) is 12.2 Å². The molecule has 1 aliphatic rings. The zero-order chi connectivity index (χ0) is 10.9. The van der Waals surface area contributed by atoms with Crippen molar-refractivity contribution < 1.29 is 14.4 Å². The van der Waals surface area contributed by atoms with E-state index < -0.39 is 23.8 Å². The van der Waals surface area contributed by atoms with Gasteiger partial charge in [0.25, 0.3) is 11.8 Å². The minimum atomic E-state index is -0.856. The SMILES string of the molecule is CC(C)[C@@H](C(N)=O)N1C(=O)C=CC1=O. The molecule has 0 aliphatic carbocycles. The first-order valence-corrected chi connectivity index (χ1v) is 4.29. The van der Waals surface area contributed by atoms with Crippen LogP contribution < -0.4 is 5.73 Å². The van der Waals surface area contributed by atoms with Gasteiger partial charge < -0.3 is 5.73 Å². The second-order valence-corrected chi connectivity index (χ2v) is 3.47. The molecule has 0 aromatic rings. The molecule has 0 aromatic heterocycles. The van der Waals surface area contributed by atoms with E-state index in [1.807, 2.05) is 0 Å². The van der Waals surface area contributed by atoms with Crippen molar-refractivity contribution in [2.75, 3.05) is 0 Å². The molecule has 76 valence electrons. The van der Waals surface area contributed by atoms with Crippen LogP contribution in [0.2, 0.25) is 0 Å². The summed E-state index contributed by atoms with van der Waals surface area (Å²) in [6.45, 7) is 3.46. The summed E-state index contributed by atoms with van der Waals surface area (Å²) >= 11 is 0. The van der Waals surface area contributed by atoms with E-state index >= 15 is 0 Å². The second kappa shape index (κ2) is 3.61. The fraction of sp³-hybridized carbons (Fsp3) is 0.444. The number of rotatable bonds is 3. The monoisotopic (exact) mass is 196 g/mol. The molecule has 0 saturated heterocycles. The summed E-state index contributed by atoms with van der Waals surface area (Å²) in [7, 11) is 0. The molecule has 1 heterocycles. The van der Waals surface area contributed by atoms with Gasteiger partial charge >= 0.3 is 0 Å². The fourth-order valence-electron chi connectivity index (χ4n) is 1.44. The molecule has 1 atom stereocenters. The molecule has 0 spiro atoms. The van der Waals surface area contributed by atoms with Gasteiger partial charge in [0.2, 0.25) is 5.91 Å². The van der Waals surface area contributed by atoms with Gasteiger partial charge in [-0.05, 0) is 5.92 Å². The molecule has 0 aromatic carbocycles. The summed E-state index contributed by atoms with van der Waals surface area (Å²) in [5.41, 5.74) is 5.13. The lowest BCUT2D eigenvalue weighted by Crippen LogP contribution is -2.50. The number of carbonyl (C=O) groups is 3. The zero-order valence-electron chi connectivity index (χ0n) is 8.06. The lowest BCUT2D eigenvalue weighted by Gasteiger charge is -2.26. The van der Waals surface area contributed by atoms with Crippen LogP contribution in [0.5, 0.6) is 0 Å². The minimum Gasteiger partial charge on any atom is -0.368 e. The van der Waals surface area contributed by atoms with Crippen LogP contribution in [0.4, 0.5) is 0 Å². The largest absolute Gasteiger partial charge is 0.368 e. The quantitative estimate of drug-likeness (QED) is 0.613. The van der Waals surface area contributed by atoms with Crippen LogP contribution in [0.3, 0.4) is 0 Å². The first-order valence-electron chi connectivity index (χ1n) is 4.29. The normalized spacial score (nSPS) is 18.1. The number of hydrogen-bond donors (Lipinski definition) is 1.